The molecule has 6 rings (SSSR count). The van der Waals surface area contributed by atoms with Crippen LogP contribution in [0.5, 0.6) is 0 Å². The van der Waals surface area contributed by atoms with E-state index < -0.39 is 17.8 Å². The zero-order chi connectivity index (χ0) is 23.6. The Morgan fingerprint density at radius 1 is 1.03 bits per heavy atom. The minimum atomic E-state index is -0.843. The number of hydrogen-bond acceptors (Lipinski definition) is 5. The van der Waals surface area contributed by atoms with Crippen molar-refractivity contribution in [2.24, 2.45) is 0 Å². The van der Waals surface area contributed by atoms with Gasteiger partial charge in [0.15, 0.2) is 10.6 Å². The molecule has 2 aromatic heterocycles. The number of fused-ring (bicyclic) bond motifs is 3. The summed E-state index contributed by atoms with van der Waals surface area (Å²) in [5.74, 6) is -0.591. The maximum absolute atomic E-state index is 14.2. The lowest BCUT2D eigenvalue weighted by Crippen LogP contribution is -2.29. The van der Waals surface area contributed by atoms with Crippen molar-refractivity contribution >= 4 is 43.6 Å². The molecule has 0 bridgehead atoms. The van der Waals surface area contributed by atoms with E-state index in [1.54, 1.807) is 36.4 Å². The van der Waals surface area contributed by atoms with Gasteiger partial charge in [0, 0.05) is 0 Å². The second-order valence-electron chi connectivity index (χ2n) is 8.68. The predicted molar refractivity (Wildman–Crippen MR) is 131 cm³/mol. The minimum absolute atomic E-state index is 0.0277. The number of carbonyl (C=O) groups is 1. The van der Waals surface area contributed by atoms with Crippen molar-refractivity contribution in [3.8, 4) is 0 Å². The molecule has 3 aromatic carbocycles. The SMILES string of the molecule is CC(C)c1ccc2nc(N3C(=O)c4oc5ccccc5c(=O)c4[C@@H]3c3cccc(F)c3)sc2c1. The summed E-state index contributed by atoms with van der Waals surface area (Å²) in [6, 6.07) is 18.0. The molecule has 34 heavy (non-hydrogen) atoms. The summed E-state index contributed by atoms with van der Waals surface area (Å²) < 4.78 is 21.1. The van der Waals surface area contributed by atoms with Gasteiger partial charge in [-0.1, -0.05) is 55.5 Å². The van der Waals surface area contributed by atoms with E-state index in [2.05, 4.69) is 19.9 Å². The van der Waals surface area contributed by atoms with Crippen LogP contribution in [0.4, 0.5) is 9.52 Å². The lowest BCUT2D eigenvalue weighted by atomic mass is 9.98. The van der Waals surface area contributed by atoms with Crippen molar-refractivity contribution in [1.82, 2.24) is 4.98 Å². The normalized spacial score (nSPS) is 15.6. The highest BCUT2D eigenvalue weighted by molar-refractivity contribution is 7.22. The van der Waals surface area contributed by atoms with E-state index in [1.807, 2.05) is 12.1 Å². The lowest BCUT2D eigenvalue weighted by molar-refractivity contribution is 0.0971. The van der Waals surface area contributed by atoms with Crippen molar-refractivity contribution in [2.45, 2.75) is 25.8 Å². The van der Waals surface area contributed by atoms with Crippen LogP contribution < -0.4 is 10.3 Å². The third-order valence-corrected chi connectivity index (χ3v) is 7.23. The van der Waals surface area contributed by atoms with Crippen molar-refractivity contribution in [2.75, 3.05) is 4.90 Å². The van der Waals surface area contributed by atoms with Gasteiger partial charge in [0.1, 0.15) is 11.4 Å². The Balaban J connectivity index is 1.61. The lowest BCUT2D eigenvalue weighted by Gasteiger charge is -2.22. The summed E-state index contributed by atoms with van der Waals surface area (Å²) >= 11 is 1.37. The number of rotatable bonds is 3. The Kier molecular flexibility index (Phi) is 4.64. The molecular weight excluding hydrogens is 451 g/mol. The van der Waals surface area contributed by atoms with Crippen LogP contribution in [0.3, 0.4) is 0 Å². The zero-order valence-electron chi connectivity index (χ0n) is 18.4. The van der Waals surface area contributed by atoms with Gasteiger partial charge in [-0.3, -0.25) is 14.5 Å². The molecule has 168 valence electrons. The summed E-state index contributed by atoms with van der Waals surface area (Å²) in [6.07, 6.45) is 0. The van der Waals surface area contributed by atoms with Crippen LogP contribution in [-0.2, 0) is 0 Å². The fourth-order valence-corrected chi connectivity index (χ4v) is 5.54. The molecule has 0 spiro atoms. The fraction of sp³-hybridized carbons (Fsp3) is 0.148. The molecule has 1 atom stereocenters. The molecule has 1 aliphatic rings. The largest absolute Gasteiger partial charge is 0.450 e. The molecule has 0 N–H and O–H groups in total. The molecule has 0 radical (unpaired) electrons. The first kappa shape index (κ1) is 20.7. The highest BCUT2D eigenvalue weighted by Gasteiger charge is 2.45. The average molecular weight is 471 g/mol. The summed E-state index contributed by atoms with van der Waals surface area (Å²) in [7, 11) is 0. The number of anilines is 1. The summed E-state index contributed by atoms with van der Waals surface area (Å²) in [5.41, 5.74) is 2.66. The monoisotopic (exact) mass is 470 g/mol. The molecule has 7 heteroatoms. The van der Waals surface area contributed by atoms with Crippen LogP contribution in [0, 0.1) is 5.82 Å². The van der Waals surface area contributed by atoms with E-state index in [0.29, 0.717) is 27.6 Å². The van der Waals surface area contributed by atoms with Crippen LogP contribution in [0.15, 0.2) is 75.9 Å². The number of carbonyl (C=O) groups excluding carboxylic acids is 1. The number of aromatic nitrogens is 1. The predicted octanol–water partition coefficient (Wildman–Crippen LogP) is 6.42. The van der Waals surface area contributed by atoms with Gasteiger partial charge in [-0.15, -0.1) is 0 Å². The van der Waals surface area contributed by atoms with Gasteiger partial charge in [0.2, 0.25) is 5.76 Å². The number of hydrogen-bond donors (Lipinski definition) is 0. The number of halogens is 1. The Bertz CT molecular complexity index is 1670. The maximum Gasteiger partial charge on any atom is 0.297 e. The molecule has 1 aliphatic heterocycles. The summed E-state index contributed by atoms with van der Waals surface area (Å²) in [5, 5.41) is 0.813. The van der Waals surface area contributed by atoms with E-state index >= 15 is 0 Å². The Labute approximate surface area is 198 Å². The second-order valence-corrected chi connectivity index (χ2v) is 9.69. The summed E-state index contributed by atoms with van der Waals surface area (Å²) in [4.78, 5) is 33.4. The number of amides is 1. The molecule has 3 heterocycles. The van der Waals surface area contributed by atoms with Crippen LogP contribution >= 0.6 is 11.3 Å². The number of para-hydroxylation sites is 1. The molecule has 1 amide bonds. The van der Waals surface area contributed by atoms with E-state index in [0.717, 1.165) is 10.2 Å². The molecule has 0 saturated heterocycles. The van der Waals surface area contributed by atoms with Gasteiger partial charge in [0.05, 0.1) is 27.2 Å². The minimum Gasteiger partial charge on any atom is -0.450 e. The van der Waals surface area contributed by atoms with Gasteiger partial charge in [0.25, 0.3) is 5.91 Å². The molecule has 0 fully saturated rings. The van der Waals surface area contributed by atoms with Gasteiger partial charge in [-0.25, -0.2) is 9.37 Å². The van der Waals surface area contributed by atoms with Crippen LogP contribution in [0.2, 0.25) is 0 Å². The first-order valence-electron chi connectivity index (χ1n) is 11.0. The third kappa shape index (κ3) is 3.08. The third-order valence-electron chi connectivity index (χ3n) is 6.22. The highest BCUT2D eigenvalue weighted by Crippen LogP contribution is 2.44. The highest BCUT2D eigenvalue weighted by atomic mass is 32.1. The number of thiazole rings is 1. The molecular formula is C27H19FN2O3S. The van der Waals surface area contributed by atoms with Crippen molar-refractivity contribution in [1.29, 1.82) is 0 Å². The van der Waals surface area contributed by atoms with Gasteiger partial charge < -0.3 is 4.42 Å². The fourth-order valence-electron chi connectivity index (χ4n) is 4.50. The Morgan fingerprint density at radius 2 is 1.85 bits per heavy atom. The van der Waals surface area contributed by atoms with Crippen LogP contribution in [-0.4, -0.2) is 10.9 Å². The summed E-state index contributed by atoms with van der Waals surface area (Å²) in [6.45, 7) is 4.23. The molecule has 5 nitrogen and oxygen atoms in total. The van der Waals surface area contributed by atoms with Gasteiger partial charge in [-0.2, -0.15) is 0 Å². The van der Waals surface area contributed by atoms with E-state index in [1.165, 1.54) is 33.9 Å². The molecule has 0 aliphatic carbocycles. The van der Waals surface area contributed by atoms with Crippen molar-refractivity contribution < 1.29 is 13.6 Å². The zero-order valence-corrected chi connectivity index (χ0v) is 19.2. The number of benzene rings is 3. The van der Waals surface area contributed by atoms with Crippen molar-refractivity contribution in [3.63, 3.8) is 0 Å². The maximum atomic E-state index is 14.2. The molecule has 0 unspecified atom stereocenters. The molecule has 5 aromatic rings. The van der Waals surface area contributed by atoms with Gasteiger partial charge in [-0.05, 0) is 53.4 Å². The Hall–Kier alpha value is -3.84. The topological polar surface area (TPSA) is 63.4 Å². The van der Waals surface area contributed by atoms with E-state index in [-0.39, 0.29) is 16.8 Å². The van der Waals surface area contributed by atoms with Crippen molar-refractivity contribution in [3.05, 3.63) is 105 Å². The van der Waals surface area contributed by atoms with Crippen LogP contribution in [0.1, 0.15) is 53.1 Å². The average Bonchev–Trinajstić information content (AvgIpc) is 3.37. The number of nitrogens with zero attached hydrogens (tertiary/aromatic N) is 2. The van der Waals surface area contributed by atoms with E-state index in [4.69, 9.17) is 9.40 Å². The molecule has 0 saturated carbocycles. The van der Waals surface area contributed by atoms with Crippen LogP contribution in [0.25, 0.3) is 21.2 Å². The smallest absolute Gasteiger partial charge is 0.297 e. The first-order chi connectivity index (χ1) is 16.4. The second kappa shape index (κ2) is 7.60. The first-order valence-corrected chi connectivity index (χ1v) is 11.8. The quantitative estimate of drug-likeness (QED) is 0.305. The standard InChI is InChI=1S/C27H19FN2O3S/c1-14(2)15-10-11-19-21(13-15)34-27(29-19)30-23(16-6-5-7-17(28)12-16)22-24(31)18-8-3-4-9-20(18)33-25(22)26(30)32/h3-14,23H,1-2H3/t23-/m0/s1. The van der Waals surface area contributed by atoms with Gasteiger partial charge >= 0.3 is 0 Å². The Morgan fingerprint density at radius 3 is 2.65 bits per heavy atom. The van der Waals surface area contributed by atoms with E-state index in [9.17, 15) is 14.0 Å².